The molecule has 170 valence electrons. The van der Waals surface area contributed by atoms with Crippen LogP contribution in [-0.4, -0.2) is 50.0 Å². The van der Waals surface area contributed by atoms with Gasteiger partial charge >= 0.3 is 6.03 Å². The Morgan fingerprint density at radius 1 is 1.24 bits per heavy atom. The minimum atomic E-state index is -2.73. The first kappa shape index (κ1) is 23.1. The van der Waals surface area contributed by atoms with Gasteiger partial charge in [0.15, 0.2) is 5.13 Å². The Labute approximate surface area is 196 Å². The van der Waals surface area contributed by atoms with Crippen molar-refractivity contribution in [2.45, 2.75) is 13.3 Å². The van der Waals surface area contributed by atoms with Crippen LogP contribution in [0.5, 0.6) is 0 Å². The Kier molecular flexibility index (Phi) is 6.88. The van der Waals surface area contributed by atoms with Crippen molar-refractivity contribution in [3.8, 4) is 27.8 Å². The van der Waals surface area contributed by atoms with Crippen molar-refractivity contribution in [2.24, 2.45) is 0 Å². The summed E-state index contributed by atoms with van der Waals surface area (Å²) in [6, 6.07) is 11.5. The summed E-state index contributed by atoms with van der Waals surface area (Å²) in [5, 5.41) is 12.3. The van der Waals surface area contributed by atoms with E-state index in [1.165, 1.54) is 6.07 Å². The first-order valence-electron chi connectivity index (χ1n) is 10.0. The minimum absolute atomic E-state index is 0.298. The molecule has 0 atom stereocenters. The number of carbonyl (C=O) groups excluding carboxylic acids is 1. The number of urea groups is 1. The van der Waals surface area contributed by atoms with Crippen LogP contribution >= 0.6 is 11.3 Å². The van der Waals surface area contributed by atoms with Crippen molar-refractivity contribution in [2.75, 3.05) is 29.9 Å². The third-order valence-electron chi connectivity index (χ3n) is 5.03. The normalized spacial score (nSPS) is 14.4. The molecule has 0 saturated carbocycles. The number of aryl methyl sites for hydroxylation is 1. The number of carbonyl (C=O) groups is 1. The van der Waals surface area contributed by atoms with E-state index in [-0.39, 0.29) is 11.7 Å². The maximum atomic E-state index is 13.4. The van der Waals surface area contributed by atoms with Crippen molar-refractivity contribution in [1.82, 2.24) is 14.9 Å². The number of halogens is 2. The molecule has 0 unspecified atom stereocenters. The van der Waals surface area contributed by atoms with Gasteiger partial charge in [0, 0.05) is 11.3 Å². The van der Waals surface area contributed by atoms with Gasteiger partial charge in [-0.05, 0) is 36.8 Å². The fourth-order valence-corrected chi connectivity index (χ4v) is 5.47. The van der Waals surface area contributed by atoms with Gasteiger partial charge in [-0.2, -0.15) is 5.26 Å². The molecule has 1 saturated heterocycles. The van der Waals surface area contributed by atoms with Crippen LogP contribution in [0.3, 0.4) is 0 Å². The van der Waals surface area contributed by atoms with Gasteiger partial charge in [0.1, 0.15) is 17.2 Å². The maximum Gasteiger partial charge on any atom is 0.323 e. The van der Waals surface area contributed by atoms with Crippen LogP contribution in [0.1, 0.15) is 23.4 Å². The zero-order valence-electron chi connectivity index (χ0n) is 17.5. The number of benzene rings is 1. The molecule has 0 radical (unpaired) electrons. The van der Waals surface area contributed by atoms with E-state index in [1.807, 2.05) is 0 Å². The third kappa shape index (κ3) is 5.30. The Morgan fingerprint density at radius 3 is 2.70 bits per heavy atom. The number of nitrogens with zero attached hydrogens (tertiary/aromatic N) is 4. The molecule has 11 heteroatoms. The molecule has 1 fully saturated rings. The number of alkyl halides is 2. The Hall–Kier alpha value is -3.07. The fourth-order valence-electron chi connectivity index (χ4n) is 3.45. The van der Waals surface area contributed by atoms with Crippen LogP contribution in [0.15, 0.2) is 36.4 Å². The summed E-state index contributed by atoms with van der Waals surface area (Å²) in [4.78, 5) is 23.3. The number of amides is 2. The summed E-state index contributed by atoms with van der Waals surface area (Å²) in [6.07, 6.45) is -2.73. The van der Waals surface area contributed by atoms with E-state index in [2.05, 4.69) is 21.4 Å². The van der Waals surface area contributed by atoms with Gasteiger partial charge in [-0.1, -0.05) is 34.6 Å². The van der Waals surface area contributed by atoms with Crippen LogP contribution in [0.4, 0.5) is 18.7 Å². The number of aromatic nitrogens is 2. The Bertz CT molecular complexity index is 1220. The summed E-state index contributed by atoms with van der Waals surface area (Å²) < 4.78 is 38.3. The number of rotatable bonds is 4. The number of nitrogens with one attached hydrogen (secondary N) is 1. The molecule has 3 heterocycles. The predicted octanol–water partition coefficient (Wildman–Crippen LogP) is 4.59. The van der Waals surface area contributed by atoms with Gasteiger partial charge in [0.25, 0.3) is 6.43 Å². The van der Waals surface area contributed by atoms with E-state index in [1.54, 1.807) is 42.2 Å². The van der Waals surface area contributed by atoms with Crippen LogP contribution < -0.4 is 5.32 Å². The highest BCUT2D eigenvalue weighted by atomic mass is 32.2. The number of hydrogen-bond acceptors (Lipinski definition) is 6. The molecule has 1 aliphatic rings. The lowest BCUT2D eigenvalue weighted by molar-refractivity contribution is 0.146. The second kappa shape index (κ2) is 9.82. The SMILES string of the molecule is Cc1cc(-c2sc(NC(=O)N3CC[S+]([O-])CC3)nc2-c2cccc(C#N)c2)cc(C(F)F)n1. The summed E-state index contributed by atoms with van der Waals surface area (Å²) in [5.41, 5.74) is 2.11. The largest absolute Gasteiger partial charge is 0.616 e. The van der Waals surface area contributed by atoms with Crippen molar-refractivity contribution in [1.29, 1.82) is 5.26 Å². The molecule has 1 aromatic carbocycles. The Morgan fingerprint density at radius 2 is 2.00 bits per heavy atom. The topological polar surface area (TPSA) is 105 Å². The molecule has 4 rings (SSSR count). The lowest BCUT2D eigenvalue weighted by atomic mass is 10.0. The van der Waals surface area contributed by atoms with Gasteiger partial charge in [-0.3, -0.25) is 10.3 Å². The Balaban J connectivity index is 1.74. The van der Waals surface area contributed by atoms with E-state index in [9.17, 15) is 23.4 Å². The highest BCUT2D eigenvalue weighted by molar-refractivity contribution is 7.91. The third-order valence-corrected chi connectivity index (χ3v) is 7.33. The van der Waals surface area contributed by atoms with Gasteiger partial charge in [-0.15, -0.1) is 0 Å². The highest BCUT2D eigenvalue weighted by Gasteiger charge is 2.25. The average Bonchev–Trinajstić information content (AvgIpc) is 3.23. The van der Waals surface area contributed by atoms with Crippen LogP contribution in [-0.2, 0) is 11.2 Å². The van der Waals surface area contributed by atoms with E-state index in [0.717, 1.165) is 11.3 Å². The van der Waals surface area contributed by atoms with Crippen LogP contribution in [0.2, 0.25) is 0 Å². The van der Waals surface area contributed by atoms with Crippen molar-refractivity contribution >= 4 is 33.7 Å². The molecule has 2 aromatic heterocycles. The summed E-state index contributed by atoms with van der Waals surface area (Å²) in [6.45, 7) is 2.40. The second-order valence-electron chi connectivity index (χ2n) is 7.38. The quantitative estimate of drug-likeness (QED) is 0.542. The minimum Gasteiger partial charge on any atom is -0.616 e. The van der Waals surface area contributed by atoms with Gasteiger partial charge in [-0.25, -0.2) is 18.6 Å². The number of pyridine rings is 1. The van der Waals surface area contributed by atoms with E-state index in [0.29, 0.717) is 62.7 Å². The molecule has 3 aromatic rings. The van der Waals surface area contributed by atoms with E-state index < -0.39 is 17.6 Å². The molecule has 1 aliphatic heterocycles. The predicted molar refractivity (Wildman–Crippen MR) is 124 cm³/mol. The molecule has 2 amide bonds. The average molecular weight is 488 g/mol. The van der Waals surface area contributed by atoms with Crippen molar-refractivity contribution in [3.63, 3.8) is 0 Å². The first-order chi connectivity index (χ1) is 15.8. The molecule has 1 N–H and O–H groups in total. The molecule has 0 bridgehead atoms. The smallest absolute Gasteiger partial charge is 0.323 e. The summed E-state index contributed by atoms with van der Waals surface area (Å²) in [5.74, 6) is 0.852. The van der Waals surface area contributed by atoms with Gasteiger partial charge < -0.3 is 9.45 Å². The van der Waals surface area contributed by atoms with Gasteiger partial charge in [0.05, 0.1) is 35.3 Å². The maximum absolute atomic E-state index is 13.4. The van der Waals surface area contributed by atoms with Gasteiger partial charge in [0.2, 0.25) is 0 Å². The van der Waals surface area contributed by atoms with E-state index in [4.69, 9.17) is 0 Å². The first-order valence-corrected chi connectivity index (χ1v) is 12.3. The summed E-state index contributed by atoms with van der Waals surface area (Å²) in [7, 11) is 0. The van der Waals surface area contributed by atoms with Crippen molar-refractivity contribution in [3.05, 3.63) is 53.3 Å². The molecule has 0 spiro atoms. The highest BCUT2D eigenvalue weighted by Crippen LogP contribution is 2.40. The van der Waals surface area contributed by atoms with Crippen molar-refractivity contribution < 1.29 is 18.1 Å². The molecule has 7 nitrogen and oxygen atoms in total. The molecule has 0 aliphatic carbocycles. The van der Waals surface area contributed by atoms with Crippen LogP contribution in [0.25, 0.3) is 21.7 Å². The lowest BCUT2D eigenvalue weighted by Gasteiger charge is -2.27. The monoisotopic (exact) mass is 487 g/mol. The number of thiazole rings is 1. The molecular formula is C22H19F2N5O2S2. The zero-order chi connectivity index (χ0) is 23.5. The number of hydrogen-bond donors (Lipinski definition) is 1. The summed E-state index contributed by atoms with van der Waals surface area (Å²) >= 11 is 0.244. The standard InChI is InChI=1S/C22H19F2N5O2S2/c1-13-9-16(11-17(26-13)20(23)24)19-18(15-4-2-3-14(10-15)12-25)27-21(32-19)28-22(30)29-5-7-33(31)8-6-29/h2-4,9-11,20H,5-8H2,1H3,(H,27,28,30). The zero-order valence-corrected chi connectivity index (χ0v) is 19.2. The van der Waals surface area contributed by atoms with Crippen LogP contribution in [0, 0.1) is 18.3 Å². The fraction of sp³-hybridized carbons (Fsp3) is 0.273. The number of anilines is 1. The van der Waals surface area contributed by atoms with E-state index >= 15 is 0 Å². The lowest BCUT2D eigenvalue weighted by Crippen LogP contribution is -2.45. The second-order valence-corrected chi connectivity index (χ2v) is 10.1. The number of nitriles is 1. The molecule has 33 heavy (non-hydrogen) atoms. The molecular weight excluding hydrogens is 468 g/mol.